The Kier molecular flexibility index (Phi) is 3.81. The van der Waals surface area contributed by atoms with Crippen LogP contribution in [0.2, 0.25) is 0 Å². The summed E-state index contributed by atoms with van der Waals surface area (Å²) in [7, 11) is 0. The van der Waals surface area contributed by atoms with Gasteiger partial charge in [-0.25, -0.2) is 0 Å². The highest BCUT2D eigenvalue weighted by Gasteiger charge is 2.34. The Morgan fingerprint density at radius 1 is 1.40 bits per heavy atom. The fourth-order valence-corrected chi connectivity index (χ4v) is 3.24. The largest absolute Gasteiger partial charge is 0.339 e. The number of rotatable bonds is 5. The number of thioether (sulfide) groups is 1. The molecule has 0 bridgehead atoms. The average Bonchev–Trinajstić information content (AvgIpc) is 2.82. The third kappa shape index (κ3) is 3.22. The quantitative estimate of drug-likeness (QED) is 0.857. The number of hydrogen-bond acceptors (Lipinski definition) is 5. The summed E-state index contributed by atoms with van der Waals surface area (Å²) in [6, 6.07) is 8.42. The fourth-order valence-electron chi connectivity index (χ4n) is 2.38. The molecule has 2 aromatic rings. The topological polar surface area (TPSA) is 64.9 Å². The molecule has 1 aliphatic rings. The van der Waals surface area contributed by atoms with Crippen molar-refractivity contribution in [1.82, 2.24) is 10.1 Å². The first kappa shape index (κ1) is 13.6. The minimum Gasteiger partial charge on any atom is -0.339 e. The molecule has 1 heterocycles. The zero-order valence-electron chi connectivity index (χ0n) is 11.6. The molecule has 0 atom stereocenters. The second-order valence-electron chi connectivity index (χ2n) is 5.60. The molecular weight excluding hydrogens is 270 g/mol. The molecule has 1 aromatic heterocycles. The summed E-state index contributed by atoms with van der Waals surface area (Å²) in [5.41, 5.74) is 7.35. The van der Waals surface area contributed by atoms with E-state index in [2.05, 4.69) is 41.3 Å². The van der Waals surface area contributed by atoms with Crippen molar-refractivity contribution in [1.29, 1.82) is 0 Å². The Labute approximate surface area is 123 Å². The van der Waals surface area contributed by atoms with Crippen LogP contribution in [0.4, 0.5) is 0 Å². The molecule has 0 saturated heterocycles. The molecule has 0 aliphatic heterocycles. The Morgan fingerprint density at radius 3 is 2.95 bits per heavy atom. The minimum absolute atomic E-state index is 0.104. The van der Waals surface area contributed by atoms with Crippen LogP contribution in [0.1, 0.15) is 36.5 Å². The smallest absolute Gasteiger partial charge is 0.228 e. The van der Waals surface area contributed by atoms with E-state index in [9.17, 15) is 0 Å². The van der Waals surface area contributed by atoms with Crippen molar-refractivity contribution < 1.29 is 4.52 Å². The van der Waals surface area contributed by atoms with Crippen LogP contribution < -0.4 is 5.73 Å². The van der Waals surface area contributed by atoms with E-state index >= 15 is 0 Å². The van der Waals surface area contributed by atoms with Gasteiger partial charge in [0.2, 0.25) is 5.89 Å². The molecule has 1 aliphatic carbocycles. The van der Waals surface area contributed by atoms with Crippen LogP contribution in [0.25, 0.3) is 0 Å². The molecule has 0 spiro atoms. The second kappa shape index (κ2) is 5.58. The molecule has 0 unspecified atom stereocenters. The van der Waals surface area contributed by atoms with Crippen LogP contribution in [-0.4, -0.2) is 15.7 Å². The highest BCUT2D eigenvalue weighted by atomic mass is 32.2. The zero-order chi connectivity index (χ0) is 14.0. The number of aryl methyl sites for hydroxylation is 1. The Hall–Kier alpha value is -1.33. The first-order valence-electron chi connectivity index (χ1n) is 6.93. The van der Waals surface area contributed by atoms with Crippen molar-refractivity contribution >= 4 is 11.8 Å². The van der Waals surface area contributed by atoms with Crippen LogP contribution >= 0.6 is 11.8 Å². The van der Waals surface area contributed by atoms with Crippen LogP contribution in [0.5, 0.6) is 0 Å². The molecule has 2 N–H and O–H groups in total. The van der Waals surface area contributed by atoms with Gasteiger partial charge in [0.05, 0.1) is 5.75 Å². The lowest BCUT2D eigenvalue weighted by Gasteiger charge is -2.36. The molecule has 0 radical (unpaired) electrons. The molecular formula is C15H19N3OS. The lowest BCUT2D eigenvalue weighted by atomic mass is 9.75. The number of hydrogen-bond donors (Lipinski definition) is 1. The monoisotopic (exact) mass is 289 g/mol. The van der Waals surface area contributed by atoms with Crippen LogP contribution in [0.3, 0.4) is 0 Å². The normalized spacial score (nSPS) is 16.9. The van der Waals surface area contributed by atoms with Crippen LogP contribution in [-0.2, 0) is 12.2 Å². The van der Waals surface area contributed by atoms with Gasteiger partial charge in [0, 0.05) is 16.9 Å². The van der Waals surface area contributed by atoms with E-state index in [4.69, 9.17) is 10.3 Å². The maximum atomic E-state index is 6.19. The summed E-state index contributed by atoms with van der Waals surface area (Å²) in [6.45, 7) is 2.09. The summed E-state index contributed by atoms with van der Waals surface area (Å²) in [4.78, 5) is 5.66. The van der Waals surface area contributed by atoms with Crippen molar-refractivity contribution in [3.8, 4) is 0 Å². The Morgan fingerprint density at radius 2 is 2.25 bits per heavy atom. The summed E-state index contributed by atoms with van der Waals surface area (Å²) >= 11 is 1.72. The summed E-state index contributed by atoms with van der Waals surface area (Å²) in [6.07, 6.45) is 4.03. The van der Waals surface area contributed by atoms with Crippen molar-refractivity contribution in [3.05, 3.63) is 41.5 Å². The lowest BCUT2D eigenvalue weighted by molar-refractivity contribution is 0.221. The maximum absolute atomic E-state index is 6.19. The molecule has 1 fully saturated rings. The predicted molar refractivity (Wildman–Crippen MR) is 79.5 cm³/mol. The number of benzene rings is 1. The van der Waals surface area contributed by atoms with Crippen LogP contribution in [0, 0.1) is 6.92 Å². The molecule has 106 valence electrons. The van der Waals surface area contributed by atoms with Gasteiger partial charge in [-0.05, 0) is 38.3 Å². The molecule has 1 saturated carbocycles. The van der Waals surface area contributed by atoms with Gasteiger partial charge in [-0.3, -0.25) is 0 Å². The van der Waals surface area contributed by atoms with E-state index in [-0.39, 0.29) is 5.54 Å². The van der Waals surface area contributed by atoms with Gasteiger partial charge in [-0.15, -0.1) is 11.8 Å². The third-order valence-corrected chi connectivity index (χ3v) is 4.71. The van der Waals surface area contributed by atoms with Gasteiger partial charge in [0.1, 0.15) is 0 Å². The van der Waals surface area contributed by atoms with Crippen LogP contribution in [0.15, 0.2) is 33.7 Å². The first-order chi connectivity index (χ1) is 9.63. The van der Waals surface area contributed by atoms with Crippen molar-refractivity contribution in [2.75, 3.05) is 0 Å². The second-order valence-corrected chi connectivity index (χ2v) is 6.65. The molecule has 3 rings (SSSR count). The highest BCUT2D eigenvalue weighted by Crippen LogP contribution is 2.32. The van der Waals surface area contributed by atoms with Gasteiger partial charge < -0.3 is 10.3 Å². The number of nitrogens with zero attached hydrogens (tertiary/aromatic N) is 2. The molecule has 20 heavy (non-hydrogen) atoms. The number of aromatic nitrogens is 2. The average molecular weight is 289 g/mol. The van der Waals surface area contributed by atoms with Crippen molar-refractivity contribution in [3.63, 3.8) is 0 Å². The van der Waals surface area contributed by atoms with E-state index in [1.54, 1.807) is 11.8 Å². The van der Waals surface area contributed by atoms with E-state index in [0.717, 1.165) is 24.4 Å². The van der Waals surface area contributed by atoms with Gasteiger partial charge in [0.25, 0.3) is 0 Å². The predicted octanol–water partition coefficient (Wildman–Crippen LogP) is 3.09. The molecule has 5 heteroatoms. The van der Waals surface area contributed by atoms with Gasteiger partial charge in [-0.2, -0.15) is 4.98 Å². The molecule has 4 nitrogen and oxygen atoms in total. The van der Waals surface area contributed by atoms with E-state index in [0.29, 0.717) is 12.3 Å². The standard InChI is InChI=1S/C15H19N3OS/c1-11-4-2-5-12(8-11)20-10-13-17-14(19-18-13)9-15(16)6-3-7-15/h2,4-5,8H,3,6-7,9-10,16H2,1H3. The van der Waals surface area contributed by atoms with Gasteiger partial charge in [-0.1, -0.05) is 22.9 Å². The van der Waals surface area contributed by atoms with E-state index in [1.807, 2.05) is 0 Å². The Bertz CT molecular complexity index is 592. The first-order valence-corrected chi connectivity index (χ1v) is 7.91. The van der Waals surface area contributed by atoms with Gasteiger partial charge >= 0.3 is 0 Å². The SMILES string of the molecule is Cc1cccc(SCc2noc(CC3(N)CCC3)n2)c1. The lowest BCUT2D eigenvalue weighted by Crippen LogP contribution is -2.48. The third-order valence-electron chi connectivity index (χ3n) is 3.72. The zero-order valence-corrected chi connectivity index (χ0v) is 12.4. The fraction of sp³-hybridized carbons (Fsp3) is 0.467. The van der Waals surface area contributed by atoms with E-state index in [1.165, 1.54) is 16.9 Å². The minimum atomic E-state index is -0.104. The van der Waals surface area contributed by atoms with Gasteiger partial charge in [0.15, 0.2) is 5.82 Å². The summed E-state index contributed by atoms with van der Waals surface area (Å²) in [5.74, 6) is 2.14. The summed E-state index contributed by atoms with van der Waals surface area (Å²) in [5, 5.41) is 4.03. The van der Waals surface area contributed by atoms with Crippen molar-refractivity contribution in [2.45, 2.75) is 48.8 Å². The molecule has 0 amide bonds. The molecule has 1 aromatic carbocycles. The summed E-state index contributed by atoms with van der Waals surface area (Å²) < 4.78 is 5.29. The number of nitrogens with two attached hydrogens (primary N) is 1. The highest BCUT2D eigenvalue weighted by molar-refractivity contribution is 7.98. The van der Waals surface area contributed by atoms with E-state index < -0.39 is 0 Å². The Balaban J connectivity index is 1.57. The maximum Gasteiger partial charge on any atom is 0.228 e. The van der Waals surface area contributed by atoms with Crippen molar-refractivity contribution in [2.24, 2.45) is 5.73 Å².